The number of carbonyl (C=O) groups excluding carboxylic acids is 1. The molecule has 0 spiro atoms. The van der Waals surface area contributed by atoms with Crippen molar-refractivity contribution in [2.45, 2.75) is 0 Å². The highest BCUT2D eigenvalue weighted by Crippen LogP contribution is 2.22. The highest BCUT2D eigenvalue weighted by molar-refractivity contribution is 6.34. The highest BCUT2D eigenvalue weighted by Gasteiger charge is 2.12. The topological polar surface area (TPSA) is 67.8 Å². The Bertz CT molecular complexity index is 821. The minimum Gasteiger partial charge on any atom is -0.304 e. The molecule has 7 heteroatoms. The van der Waals surface area contributed by atoms with Gasteiger partial charge in [0.15, 0.2) is 11.0 Å². The summed E-state index contributed by atoms with van der Waals surface area (Å²) in [4.78, 5) is 16.3. The van der Waals surface area contributed by atoms with Crippen LogP contribution in [0.25, 0.3) is 10.8 Å². The molecule has 0 atom stereocenters. The third-order valence-corrected chi connectivity index (χ3v) is 3.29. The molecule has 1 aromatic carbocycles. The van der Waals surface area contributed by atoms with Crippen LogP contribution in [0.15, 0.2) is 42.5 Å². The van der Waals surface area contributed by atoms with E-state index in [0.717, 1.165) is 10.8 Å². The number of carbonyl (C=O) groups is 1. The number of rotatable bonds is 2. The van der Waals surface area contributed by atoms with E-state index in [-0.39, 0.29) is 21.8 Å². The van der Waals surface area contributed by atoms with Crippen LogP contribution in [0, 0.1) is 0 Å². The molecule has 0 saturated heterocycles. The minimum absolute atomic E-state index is 0.204. The maximum absolute atomic E-state index is 12.2. The molecule has 0 unspecified atom stereocenters. The Morgan fingerprint density at radius 1 is 1.05 bits per heavy atom. The first kappa shape index (κ1) is 13.7. The van der Waals surface area contributed by atoms with Gasteiger partial charge >= 0.3 is 0 Å². The number of aromatic nitrogens is 3. The van der Waals surface area contributed by atoms with Gasteiger partial charge in [0, 0.05) is 5.39 Å². The maximum atomic E-state index is 12.2. The number of benzene rings is 1. The van der Waals surface area contributed by atoms with Gasteiger partial charge in [-0.2, -0.15) is 0 Å². The second-order valence-electron chi connectivity index (χ2n) is 4.21. The van der Waals surface area contributed by atoms with Crippen LogP contribution in [0.4, 0.5) is 5.82 Å². The molecule has 0 aliphatic heterocycles. The van der Waals surface area contributed by atoms with Crippen molar-refractivity contribution in [3.63, 3.8) is 0 Å². The molecule has 0 bridgehead atoms. The van der Waals surface area contributed by atoms with Gasteiger partial charge in [-0.3, -0.25) is 4.79 Å². The number of hydrogen-bond donors (Lipinski definition) is 1. The van der Waals surface area contributed by atoms with Crippen molar-refractivity contribution in [3.05, 3.63) is 58.5 Å². The number of halogens is 2. The van der Waals surface area contributed by atoms with E-state index < -0.39 is 5.91 Å². The fraction of sp³-hybridized carbons (Fsp3) is 0. The Labute approximate surface area is 129 Å². The van der Waals surface area contributed by atoms with Crippen LogP contribution in [-0.2, 0) is 0 Å². The monoisotopic (exact) mass is 318 g/mol. The molecule has 2 aromatic heterocycles. The van der Waals surface area contributed by atoms with E-state index in [1.165, 1.54) is 6.07 Å². The second-order valence-corrected chi connectivity index (χ2v) is 4.96. The molecule has 0 fully saturated rings. The van der Waals surface area contributed by atoms with Crippen molar-refractivity contribution in [2.75, 3.05) is 5.32 Å². The first-order chi connectivity index (χ1) is 10.1. The van der Waals surface area contributed by atoms with Crippen LogP contribution < -0.4 is 5.32 Å². The highest BCUT2D eigenvalue weighted by atomic mass is 35.5. The molecule has 1 N–H and O–H groups in total. The van der Waals surface area contributed by atoms with Gasteiger partial charge in [0.2, 0.25) is 0 Å². The van der Waals surface area contributed by atoms with Gasteiger partial charge in [-0.15, -0.1) is 10.2 Å². The van der Waals surface area contributed by atoms with Crippen LogP contribution >= 0.6 is 23.2 Å². The van der Waals surface area contributed by atoms with E-state index in [4.69, 9.17) is 23.2 Å². The van der Waals surface area contributed by atoms with Crippen LogP contribution in [-0.4, -0.2) is 21.1 Å². The standard InChI is InChI=1S/C14H8Cl2N4O/c15-11-5-6-12(20-19-11)18-14(21)10-7-8-3-1-2-4-9(8)13(16)17-10/h1-7H,(H,18,20,21). The Morgan fingerprint density at radius 2 is 1.86 bits per heavy atom. The van der Waals surface area contributed by atoms with Crippen LogP contribution in [0.2, 0.25) is 10.3 Å². The van der Waals surface area contributed by atoms with Crippen LogP contribution in [0.1, 0.15) is 10.5 Å². The average molecular weight is 319 g/mol. The normalized spacial score (nSPS) is 10.6. The molecule has 5 nitrogen and oxygen atoms in total. The Kier molecular flexibility index (Phi) is 3.68. The van der Waals surface area contributed by atoms with E-state index in [2.05, 4.69) is 20.5 Å². The lowest BCUT2D eigenvalue weighted by Gasteiger charge is -2.06. The summed E-state index contributed by atoms with van der Waals surface area (Å²) in [6.07, 6.45) is 0. The molecule has 0 aliphatic rings. The third-order valence-electron chi connectivity index (χ3n) is 2.80. The van der Waals surface area contributed by atoms with E-state index >= 15 is 0 Å². The summed E-state index contributed by atoms with van der Waals surface area (Å²) in [5.41, 5.74) is 0.204. The van der Waals surface area contributed by atoms with Gasteiger partial charge in [-0.05, 0) is 23.6 Å². The largest absolute Gasteiger partial charge is 0.304 e. The van der Waals surface area contributed by atoms with Crippen molar-refractivity contribution in [1.29, 1.82) is 0 Å². The Morgan fingerprint density at radius 3 is 2.62 bits per heavy atom. The van der Waals surface area contributed by atoms with Gasteiger partial charge in [-0.25, -0.2) is 4.98 Å². The number of nitrogens with zero attached hydrogens (tertiary/aromatic N) is 3. The summed E-state index contributed by atoms with van der Waals surface area (Å²) in [6, 6.07) is 12.2. The van der Waals surface area contributed by atoms with Crippen molar-refractivity contribution in [2.24, 2.45) is 0 Å². The van der Waals surface area contributed by atoms with Gasteiger partial charge in [0.05, 0.1) is 0 Å². The summed E-state index contributed by atoms with van der Waals surface area (Å²) >= 11 is 11.7. The van der Waals surface area contributed by atoms with Gasteiger partial charge in [0.1, 0.15) is 10.8 Å². The molecule has 0 saturated carbocycles. The van der Waals surface area contributed by atoms with Crippen LogP contribution in [0.3, 0.4) is 0 Å². The van der Waals surface area contributed by atoms with Crippen molar-refractivity contribution >= 4 is 45.7 Å². The van der Waals surface area contributed by atoms with E-state index in [9.17, 15) is 4.79 Å². The predicted molar refractivity (Wildman–Crippen MR) is 81.7 cm³/mol. The number of amides is 1. The van der Waals surface area contributed by atoms with Crippen molar-refractivity contribution < 1.29 is 4.79 Å². The Balaban J connectivity index is 1.92. The number of nitrogens with one attached hydrogen (secondary N) is 1. The second kappa shape index (κ2) is 5.63. The first-order valence-electron chi connectivity index (χ1n) is 5.99. The summed E-state index contributed by atoms with van der Waals surface area (Å²) in [7, 11) is 0. The number of pyridine rings is 1. The molecule has 3 rings (SSSR count). The lowest BCUT2D eigenvalue weighted by Crippen LogP contribution is -2.15. The first-order valence-corrected chi connectivity index (χ1v) is 6.75. The molecule has 3 aromatic rings. The quantitative estimate of drug-likeness (QED) is 0.733. The third kappa shape index (κ3) is 2.94. The Hall–Kier alpha value is -2.24. The smallest absolute Gasteiger partial charge is 0.275 e. The fourth-order valence-electron chi connectivity index (χ4n) is 1.84. The zero-order chi connectivity index (χ0) is 14.8. The summed E-state index contributed by atoms with van der Waals surface area (Å²) in [5, 5.41) is 12.1. The molecular weight excluding hydrogens is 311 g/mol. The SMILES string of the molecule is O=C(Nc1ccc(Cl)nn1)c1cc2ccccc2c(Cl)n1. The van der Waals surface area contributed by atoms with E-state index in [1.54, 1.807) is 12.1 Å². The summed E-state index contributed by atoms with van der Waals surface area (Å²) in [5.74, 6) is -0.130. The lowest BCUT2D eigenvalue weighted by atomic mass is 10.1. The van der Waals surface area contributed by atoms with E-state index in [0.29, 0.717) is 0 Å². The summed E-state index contributed by atoms with van der Waals surface area (Å²) < 4.78 is 0. The molecule has 0 radical (unpaired) electrons. The molecule has 0 aliphatic carbocycles. The zero-order valence-corrected chi connectivity index (χ0v) is 12.1. The lowest BCUT2D eigenvalue weighted by molar-refractivity contribution is 0.102. The minimum atomic E-state index is -0.417. The number of hydrogen-bond acceptors (Lipinski definition) is 4. The van der Waals surface area contributed by atoms with Gasteiger partial charge in [0.25, 0.3) is 5.91 Å². The zero-order valence-electron chi connectivity index (χ0n) is 10.5. The molecule has 21 heavy (non-hydrogen) atoms. The molecule has 2 heterocycles. The summed E-state index contributed by atoms with van der Waals surface area (Å²) in [6.45, 7) is 0. The van der Waals surface area contributed by atoms with Crippen molar-refractivity contribution in [3.8, 4) is 0 Å². The number of anilines is 1. The fourth-order valence-corrected chi connectivity index (χ4v) is 2.20. The van der Waals surface area contributed by atoms with Gasteiger partial charge < -0.3 is 5.32 Å². The maximum Gasteiger partial charge on any atom is 0.275 e. The molecular formula is C14H8Cl2N4O. The average Bonchev–Trinajstić information content (AvgIpc) is 2.49. The molecule has 1 amide bonds. The predicted octanol–water partition coefficient (Wildman–Crippen LogP) is 3.58. The van der Waals surface area contributed by atoms with Crippen molar-refractivity contribution in [1.82, 2.24) is 15.2 Å². The number of fused-ring (bicyclic) bond motifs is 1. The van der Waals surface area contributed by atoms with Crippen LogP contribution in [0.5, 0.6) is 0 Å². The molecule has 104 valence electrons. The van der Waals surface area contributed by atoms with E-state index in [1.807, 2.05) is 24.3 Å². The van der Waals surface area contributed by atoms with Gasteiger partial charge in [-0.1, -0.05) is 47.5 Å².